The Bertz CT molecular complexity index is 3670. The summed E-state index contributed by atoms with van der Waals surface area (Å²) in [7, 11) is 0. The summed E-state index contributed by atoms with van der Waals surface area (Å²) in [5, 5.41) is -4.40. The Morgan fingerprint density at radius 2 is 0.392 bits per heavy atom. The highest BCUT2D eigenvalue weighted by Gasteiger charge is 2.52. The van der Waals surface area contributed by atoms with Gasteiger partial charge in [-0.3, -0.25) is 0 Å². The zero-order valence-electron chi connectivity index (χ0n) is 34.1. The SMILES string of the molecule is Cc1c(F)c(F)c2c(F)c(-c3c(F)c(F)c(-c4c(F)c(F)c(-c5c(F)c(F)c(-c6c(F)c(F)c(C7=C(F)C8C(F)=C(F)C(F)=C(F)C8C(F)=C7F)c(F)c6F)c(F)c5F)c(F)c4F)c(F)c3F)c(F)c(F)c2c1F. The molecule has 388 valence electrons. The summed E-state index contributed by atoms with van der Waals surface area (Å²) in [5.74, 6) is -99.0. The van der Waals surface area contributed by atoms with Crippen molar-refractivity contribution in [1.29, 1.82) is 0 Å². The van der Waals surface area contributed by atoms with Crippen LogP contribution in [0.5, 0.6) is 0 Å². The summed E-state index contributed by atoms with van der Waals surface area (Å²) >= 11 is 0. The largest absolute Gasteiger partial charge is 0.210 e. The van der Waals surface area contributed by atoms with Crippen molar-refractivity contribution in [3.05, 3.63) is 180 Å². The molecule has 0 spiro atoms. The molecule has 0 bridgehead atoms. The minimum absolute atomic E-state index is 0.394. The van der Waals surface area contributed by atoms with Gasteiger partial charge in [-0.2, -0.15) is 0 Å². The molecule has 0 saturated heterocycles. The lowest BCUT2D eigenvalue weighted by atomic mass is 9.77. The van der Waals surface area contributed by atoms with E-state index in [1.165, 1.54) is 0 Å². The van der Waals surface area contributed by atoms with Crippen LogP contribution in [0.25, 0.3) is 60.9 Å². The molecule has 2 aliphatic rings. The van der Waals surface area contributed by atoms with Crippen molar-refractivity contribution in [3.8, 4) is 44.5 Å². The molecule has 2 atom stereocenters. The van der Waals surface area contributed by atoms with E-state index in [2.05, 4.69) is 0 Å². The van der Waals surface area contributed by atoms with Gasteiger partial charge in [0.1, 0.15) is 34.9 Å². The molecule has 2 aliphatic carbocycles. The zero-order valence-corrected chi connectivity index (χ0v) is 34.1. The Kier molecular flexibility index (Phi) is 12.6. The molecule has 74 heavy (non-hydrogen) atoms. The molecule has 0 N–H and O–H groups in total. The van der Waals surface area contributed by atoms with Gasteiger partial charge in [-0.1, -0.05) is 0 Å². The summed E-state index contributed by atoms with van der Waals surface area (Å²) in [6.07, 6.45) is 0. The topological polar surface area (TPSA) is 0 Å². The van der Waals surface area contributed by atoms with Gasteiger partial charge in [0.25, 0.3) is 0 Å². The average Bonchev–Trinajstić information content (AvgIpc) is 3.35. The van der Waals surface area contributed by atoms with Gasteiger partial charge in [0.15, 0.2) is 134 Å². The number of allylic oxidation sites excluding steroid dienone is 8. The molecule has 6 aromatic carbocycles. The Labute approximate surface area is 386 Å². The second-order valence-electron chi connectivity index (χ2n) is 15.3. The average molecular weight is 1100 g/mol. The fourth-order valence-electron chi connectivity index (χ4n) is 8.17. The molecular weight excluding hydrogens is 1090 g/mol. The number of rotatable bonds is 5. The molecule has 8 rings (SSSR count). The quantitative estimate of drug-likeness (QED) is 0.119. The van der Waals surface area contributed by atoms with Crippen LogP contribution in [0.15, 0.2) is 40.8 Å². The predicted molar refractivity (Wildman–Crippen MR) is 192 cm³/mol. The smallest absolute Gasteiger partial charge is 0.193 e. The van der Waals surface area contributed by atoms with Crippen molar-refractivity contribution in [3.63, 3.8) is 0 Å². The fraction of sp³-hybridized carbons (Fsp3) is 0.0667. The fourth-order valence-corrected chi connectivity index (χ4v) is 8.17. The van der Waals surface area contributed by atoms with Crippen molar-refractivity contribution < 1.29 is 127 Å². The van der Waals surface area contributed by atoms with Crippen LogP contribution in [-0.2, 0) is 0 Å². The van der Waals surface area contributed by atoms with E-state index in [-0.39, 0.29) is 0 Å². The molecule has 2 unspecified atom stereocenters. The summed E-state index contributed by atoms with van der Waals surface area (Å²) in [6, 6.07) is 0. The lowest BCUT2D eigenvalue weighted by Crippen LogP contribution is -2.28. The summed E-state index contributed by atoms with van der Waals surface area (Å²) in [4.78, 5) is 0. The maximum Gasteiger partial charge on any atom is 0.193 e. The van der Waals surface area contributed by atoms with E-state index in [0.29, 0.717) is 6.92 Å². The van der Waals surface area contributed by atoms with Crippen molar-refractivity contribution in [2.75, 3.05) is 0 Å². The number of fused-ring (bicyclic) bond motifs is 2. The minimum atomic E-state index is -3.57. The maximum absolute atomic E-state index is 15.7. The van der Waals surface area contributed by atoms with Gasteiger partial charge in [-0.25, -0.2) is 127 Å². The first-order chi connectivity index (χ1) is 34.3. The van der Waals surface area contributed by atoms with Gasteiger partial charge in [-0.15, -0.1) is 0 Å². The molecule has 0 aliphatic heterocycles. The van der Waals surface area contributed by atoms with Gasteiger partial charge in [0.05, 0.1) is 78.3 Å². The highest BCUT2D eigenvalue weighted by Crippen LogP contribution is 2.57. The van der Waals surface area contributed by atoms with Gasteiger partial charge in [-0.05, 0) is 6.92 Å². The molecular formula is C45H5F29. The van der Waals surface area contributed by atoms with Gasteiger partial charge in [0.2, 0.25) is 0 Å². The van der Waals surface area contributed by atoms with E-state index in [1.54, 1.807) is 0 Å². The number of halogens is 29. The minimum Gasteiger partial charge on any atom is -0.210 e. The Morgan fingerprint density at radius 1 is 0.189 bits per heavy atom. The second kappa shape index (κ2) is 17.6. The first-order valence-corrected chi connectivity index (χ1v) is 19.0. The van der Waals surface area contributed by atoms with Crippen LogP contribution in [0.4, 0.5) is 127 Å². The first kappa shape index (κ1) is 52.8. The third-order valence-corrected chi connectivity index (χ3v) is 11.6. The number of hydrogen-bond acceptors (Lipinski definition) is 0. The molecule has 0 heterocycles. The lowest BCUT2D eigenvalue weighted by molar-refractivity contribution is 0.257. The highest BCUT2D eigenvalue weighted by atomic mass is 19.2. The van der Waals surface area contributed by atoms with Crippen LogP contribution in [0.1, 0.15) is 11.1 Å². The van der Waals surface area contributed by atoms with Crippen LogP contribution in [0.2, 0.25) is 0 Å². The summed E-state index contributed by atoms with van der Waals surface area (Å²) < 4.78 is 441. The van der Waals surface area contributed by atoms with Crippen LogP contribution in [0.3, 0.4) is 0 Å². The van der Waals surface area contributed by atoms with E-state index in [9.17, 15) is 35.1 Å². The Hall–Kier alpha value is -7.49. The van der Waals surface area contributed by atoms with Crippen molar-refractivity contribution in [2.45, 2.75) is 6.92 Å². The molecule has 0 saturated carbocycles. The number of hydrogen-bond donors (Lipinski definition) is 0. The summed E-state index contributed by atoms with van der Waals surface area (Å²) in [5.41, 5.74) is -31.4. The van der Waals surface area contributed by atoms with E-state index >= 15 is 92.2 Å². The van der Waals surface area contributed by atoms with Gasteiger partial charge in [0, 0.05) is 5.56 Å². The van der Waals surface area contributed by atoms with Crippen LogP contribution in [-0.4, -0.2) is 0 Å². The van der Waals surface area contributed by atoms with E-state index in [4.69, 9.17) is 0 Å². The number of benzene rings is 6. The second-order valence-corrected chi connectivity index (χ2v) is 15.3. The summed E-state index contributed by atoms with van der Waals surface area (Å²) in [6.45, 7) is 0.394. The zero-order chi connectivity index (χ0) is 55.4. The van der Waals surface area contributed by atoms with Crippen LogP contribution in [0, 0.1) is 147 Å². The maximum atomic E-state index is 15.7. The van der Waals surface area contributed by atoms with E-state index in [1.807, 2.05) is 0 Å². The van der Waals surface area contributed by atoms with Gasteiger partial charge >= 0.3 is 0 Å². The van der Waals surface area contributed by atoms with Crippen molar-refractivity contribution in [2.24, 2.45) is 11.8 Å². The van der Waals surface area contributed by atoms with Crippen LogP contribution >= 0.6 is 0 Å². The predicted octanol–water partition coefficient (Wildman–Crippen LogP) is 17.3. The monoisotopic (exact) mass is 1100 g/mol. The molecule has 6 aromatic rings. The van der Waals surface area contributed by atoms with E-state index in [0.717, 1.165) is 0 Å². The first-order valence-electron chi connectivity index (χ1n) is 19.0. The molecule has 0 aromatic heterocycles. The molecule has 0 nitrogen and oxygen atoms in total. The van der Waals surface area contributed by atoms with Gasteiger partial charge < -0.3 is 0 Å². The van der Waals surface area contributed by atoms with Crippen LogP contribution < -0.4 is 0 Å². The lowest BCUT2D eigenvalue weighted by Gasteiger charge is -2.31. The molecule has 0 amide bonds. The Morgan fingerprint density at radius 3 is 0.689 bits per heavy atom. The normalized spacial score (nSPS) is 16.3. The molecule has 0 radical (unpaired) electrons. The van der Waals surface area contributed by atoms with Crippen molar-refractivity contribution in [1.82, 2.24) is 0 Å². The third-order valence-electron chi connectivity index (χ3n) is 11.6. The molecule has 29 heteroatoms. The van der Waals surface area contributed by atoms with E-state index < -0.39 is 253 Å². The third kappa shape index (κ3) is 6.74. The standard InChI is InChI=1S/C45H5F29/c1-2-17(46)3-4(21(50)18(2)47)19(48)5(23(52)22(3)51)8-25(54)30(59)11(31(60)26(8)55)13-34(63)38(67)15(39(68)35(13)64)16-40(69)36(65)14(37(66)41(16)70)12-32(61)27(56)9(28(57)33(12)62)6-20(49)7-10(29(58)24(6)53)43(72)45(74)44(73)42(7)71/h7,10H,1H3. The molecule has 0 fully saturated rings. The highest BCUT2D eigenvalue weighted by molar-refractivity contribution is 5.92. The Balaban J connectivity index is 1.30. The van der Waals surface area contributed by atoms with Crippen molar-refractivity contribution >= 4 is 16.3 Å².